The molecule has 0 aromatic heterocycles. The predicted octanol–water partition coefficient (Wildman–Crippen LogP) is -0.515. The topological polar surface area (TPSA) is 70.7 Å². The van der Waals surface area contributed by atoms with E-state index >= 15 is 0 Å². The van der Waals surface area contributed by atoms with Crippen molar-refractivity contribution in [2.45, 2.75) is 6.92 Å². The number of ether oxygens (including phenoxy) is 1. The van der Waals surface area contributed by atoms with Crippen LogP contribution in [-0.4, -0.2) is 64.2 Å². The first kappa shape index (κ1) is 19.5. The lowest BCUT2D eigenvalue weighted by molar-refractivity contribution is -0.131. The Morgan fingerprint density at radius 3 is 2.50 bits per heavy atom. The van der Waals surface area contributed by atoms with Gasteiger partial charge >= 0.3 is 0 Å². The third kappa shape index (κ3) is 8.27. The molecule has 0 aliphatic carbocycles. The smallest absolute Gasteiger partial charge is 0.236 e. The van der Waals surface area contributed by atoms with Gasteiger partial charge in [0.1, 0.15) is 0 Å². The summed E-state index contributed by atoms with van der Waals surface area (Å²) in [6.45, 7) is 3.69. The molecule has 1 atom stereocenters. The van der Waals surface area contributed by atoms with Crippen LogP contribution < -0.4 is 10.6 Å². The van der Waals surface area contributed by atoms with Crippen molar-refractivity contribution in [3.63, 3.8) is 0 Å². The Labute approximate surface area is 115 Å². The minimum Gasteiger partial charge on any atom is -0.383 e. The third-order valence-electron chi connectivity index (χ3n) is 2.43. The van der Waals surface area contributed by atoms with E-state index in [1.54, 1.807) is 33.0 Å². The highest BCUT2D eigenvalue weighted by Gasteiger charge is 2.16. The molecule has 0 saturated carbocycles. The lowest BCUT2D eigenvalue weighted by Gasteiger charge is -2.20. The van der Waals surface area contributed by atoms with E-state index in [4.69, 9.17) is 4.74 Å². The van der Waals surface area contributed by atoms with Crippen LogP contribution in [0.5, 0.6) is 0 Å². The minimum atomic E-state index is -0.201. The van der Waals surface area contributed by atoms with Crippen molar-refractivity contribution in [3.05, 3.63) is 0 Å². The van der Waals surface area contributed by atoms with Crippen LogP contribution in [0.25, 0.3) is 0 Å². The Balaban J connectivity index is 0. The normalized spacial score (nSPS) is 11.3. The molecule has 0 aromatic rings. The van der Waals surface area contributed by atoms with E-state index in [0.717, 1.165) is 0 Å². The molecule has 1 unspecified atom stereocenters. The van der Waals surface area contributed by atoms with Crippen molar-refractivity contribution in [3.8, 4) is 0 Å². The van der Waals surface area contributed by atoms with Gasteiger partial charge in [0.15, 0.2) is 0 Å². The van der Waals surface area contributed by atoms with Gasteiger partial charge in [-0.2, -0.15) is 0 Å². The Kier molecular flexibility index (Phi) is 12.2. The van der Waals surface area contributed by atoms with Gasteiger partial charge < -0.3 is 20.3 Å². The van der Waals surface area contributed by atoms with E-state index in [-0.39, 0.29) is 36.7 Å². The summed E-state index contributed by atoms with van der Waals surface area (Å²) in [5.74, 6) is -0.290. The number of likely N-dealkylation sites (N-methyl/N-ethyl adjacent to an activating group) is 1. The number of rotatable bonds is 8. The van der Waals surface area contributed by atoms with Crippen LogP contribution in [0.4, 0.5) is 0 Å². The molecule has 0 radical (unpaired) electrons. The summed E-state index contributed by atoms with van der Waals surface area (Å²) in [5.41, 5.74) is 0. The zero-order chi connectivity index (χ0) is 13.3. The summed E-state index contributed by atoms with van der Waals surface area (Å²) in [4.78, 5) is 24.5. The number of carbonyl (C=O) groups excluding carboxylic acids is 2. The monoisotopic (exact) mass is 281 g/mol. The van der Waals surface area contributed by atoms with Crippen molar-refractivity contribution >= 4 is 24.2 Å². The number of hydrogen-bond acceptors (Lipinski definition) is 4. The van der Waals surface area contributed by atoms with Crippen LogP contribution in [0.1, 0.15) is 6.92 Å². The zero-order valence-corrected chi connectivity index (χ0v) is 12.3. The van der Waals surface area contributed by atoms with E-state index in [0.29, 0.717) is 19.7 Å². The Morgan fingerprint density at radius 2 is 2.00 bits per heavy atom. The van der Waals surface area contributed by atoms with E-state index < -0.39 is 0 Å². The van der Waals surface area contributed by atoms with E-state index in [1.165, 1.54) is 0 Å². The highest BCUT2D eigenvalue weighted by atomic mass is 35.5. The highest BCUT2D eigenvalue weighted by molar-refractivity contribution is 5.85. The molecule has 0 aliphatic heterocycles. The molecule has 6 nitrogen and oxygen atoms in total. The van der Waals surface area contributed by atoms with Gasteiger partial charge in [-0.3, -0.25) is 9.59 Å². The number of hydrogen-bond donors (Lipinski definition) is 2. The van der Waals surface area contributed by atoms with Crippen molar-refractivity contribution in [2.24, 2.45) is 5.92 Å². The number of nitrogens with zero attached hydrogens (tertiary/aromatic N) is 1. The summed E-state index contributed by atoms with van der Waals surface area (Å²) in [6, 6.07) is 0. The van der Waals surface area contributed by atoms with Gasteiger partial charge in [-0.05, 0) is 0 Å². The molecule has 0 rings (SSSR count). The van der Waals surface area contributed by atoms with Gasteiger partial charge in [0, 0.05) is 34.3 Å². The first-order chi connectivity index (χ1) is 8.02. The fourth-order valence-corrected chi connectivity index (χ4v) is 1.35. The van der Waals surface area contributed by atoms with Crippen molar-refractivity contribution < 1.29 is 14.3 Å². The lowest BCUT2D eigenvalue weighted by Crippen LogP contribution is -2.41. The van der Waals surface area contributed by atoms with Crippen molar-refractivity contribution in [1.29, 1.82) is 0 Å². The maximum absolute atomic E-state index is 11.6. The molecule has 7 heteroatoms. The molecule has 0 saturated heterocycles. The molecule has 0 heterocycles. The van der Waals surface area contributed by atoms with Crippen LogP contribution in [0, 0.1) is 5.92 Å². The Morgan fingerprint density at radius 1 is 1.39 bits per heavy atom. The fraction of sp³-hybridized carbons (Fsp3) is 0.818. The number of halogens is 1. The summed E-state index contributed by atoms with van der Waals surface area (Å²) < 4.78 is 4.85. The second-order valence-corrected chi connectivity index (χ2v) is 3.96. The first-order valence-corrected chi connectivity index (χ1v) is 5.68. The second-order valence-electron chi connectivity index (χ2n) is 3.96. The average molecular weight is 282 g/mol. The predicted molar refractivity (Wildman–Crippen MR) is 72.9 cm³/mol. The fourth-order valence-electron chi connectivity index (χ4n) is 1.35. The van der Waals surface area contributed by atoms with Gasteiger partial charge in [0.2, 0.25) is 11.8 Å². The first-order valence-electron chi connectivity index (χ1n) is 5.68. The minimum absolute atomic E-state index is 0. The van der Waals surface area contributed by atoms with E-state index in [2.05, 4.69) is 10.6 Å². The number of nitrogens with one attached hydrogen (secondary N) is 2. The molecule has 0 bridgehead atoms. The Bertz CT molecular complexity index is 252. The maximum Gasteiger partial charge on any atom is 0.236 e. The largest absolute Gasteiger partial charge is 0.383 e. The van der Waals surface area contributed by atoms with Gasteiger partial charge in [0.25, 0.3) is 0 Å². The third-order valence-corrected chi connectivity index (χ3v) is 2.43. The number of carbonyl (C=O) groups is 2. The standard InChI is InChI=1S/C11H23N3O3.ClH/c1-9(11(16)12-2)8-14(3)10(15)7-13-5-6-17-4;/h9,13H,5-8H2,1-4H3,(H,12,16);1H. The molecule has 0 aromatic carbocycles. The van der Waals surface area contributed by atoms with Crippen LogP contribution in [0.3, 0.4) is 0 Å². The second kappa shape index (κ2) is 11.3. The molecular formula is C11H24ClN3O3. The van der Waals surface area contributed by atoms with Crippen LogP contribution in [-0.2, 0) is 14.3 Å². The van der Waals surface area contributed by atoms with Gasteiger partial charge in [0.05, 0.1) is 19.1 Å². The SMILES string of the molecule is CNC(=O)C(C)CN(C)C(=O)CNCCOC.Cl. The summed E-state index contributed by atoms with van der Waals surface area (Å²) in [6.07, 6.45) is 0. The summed E-state index contributed by atoms with van der Waals surface area (Å²) in [5, 5.41) is 5.53. The number of methoxy groups -OCH3 is 1. The van der Waals surface area contributed by atoms with Crippen molar-refractivity contribution in [1.82, 2.24) is 15.5 Å². The molecular weight excluding hydrogens is 258 g/mol. The lowest BCUT2D eigenvalue weighted by atomic mass is 10.1. The molecule has 108 valence electrons. The molecule has 18 heavy (non-hydrogen) atoms. The summed E-state index contributed by atoms with van der Waals surface area (Å²) in [7, 11) is 4.90. The van der Waals surface area contributed by atoms with E-state index in [9.17, 15) is 9.59 Å². The molecule has 2 amide bonds. The summed E-state index contributed by atoms with van der Waals surface area (Å²) >= 11 is 0. The number of amides is 2. The highest BCUT2D eigenvalue weighted by Crippen LogP contribution is 1.98. The molecule has 2 N–H and O–H groups in total. The average Bonchev–Trinajstić information content (AvgIpc) is 2.32. The molecule has 0 aliphatic rings. The van der Waals surface area contributed by atoms with E-state index in [1.807, 2.05) is 0 Å². The van der Waals surface area contributed by atoms with Crippen LogP contribution >= 0.6 is 12.4 Å². The van der Waals surface area contributed by atoms with Crippen LogP contribution in [0.2, 0.25) is 0 Å². The maximum atomic E-state index is 11.6. The molecule has 0 fully saturated rings. The van der Waals surface area contributed by atoms with Crippen molar-refractivity contribution in [2.75, 3.05) is 47.4 Å². The zero-order valence-electron chi connectivity index (χ0n) is 11.5. The van der Waals surface area contributed by atoms with Gasteiger partial charge in [-0.15, -0.1) is 12.4 Å². The quantitative estimate of drug-likeness (QED) is 0.588. The Hall–Kier alpha value is -0.850. The van der Waals surface area contributed by atoms with Gasteiger partial charge in [-0.1, -0.05) is 6.92 Å². The van der Waals surface area contributed by atoms with Crippen LogP contribution in [0.15, 0.2) is 0 Å². The molecule has 0 spiro atoms. The van der Waals surface area contributed by atoms with Gasteiger partial charge in [-0.25, -0.2) is 0 Å².